The number of hydrogen-bond acceptors (Lipinski definition) is 1. The lowest BCUT2D eigenvalue weighted by Gasteiger charge is -2.23. The maximum absolute atomic E-state index is 3.73. The zero-order chi connectivity index (χ0) is 15.8. The van der Waals surface area contributed by atoms with Gasteiger partial charge in [-0.15, -0.1) is 12.4 Å². The summed E-state index contributed by atoms with van der Waals surface area (Å²) in [5, 5.41) is 5.16. The van der Waals surface area contributed by atoms with Crippen LogP contribution in [0.25, 0.3) is 10.9 Å². The minimum atomic E-state index is 0. The van der Waals surface area contributed by atoms with Crippen LogP contribution in [0.1, 0.15) is 34.4 Å². The number of benzene rings is 2. The zero-order valence-corrected chi connectivity index (χ0v) is 15.2. The monoisotopic (exact) mass is 340 g/mol. The Bertz CT molecular complexity index is 833. The molecule has 1 atom stereocenters. The van der Waals surface area contributed by atoms with Gasteiger partial charge in [0.1, 0.15) is 0 Å². The molecule has 0 saturated heterocycles. The van der Waals surface area contributed by atoms with Gasteiger partial charge in [-0.05, 0) is 49.9 Å². The molecule has 24 heavy (non-hydrogen) atoms. The Balaban J connectivity index is 0.00000169. The lowest BCUT2D eigenvalue weighted by atomic mass is 9.91. The maximum Gasteiger partial charge on any atom is 0.0459 e. The van der Waals surface area contributed by atoms with Crippen LogP contribution in [0.3, 0.4) is 0 Å². The molecule has 0 spiro atoms. The third kappa shape index (κ3) is 3.35. The van der Waals surface area contributed by atoms with Gasteiger partial charge in [-0.2, -0.15) is 0 Å². The molecule has 3 heteroatoms. The first-order valence-electron chi connectivity index (χ1n) is 8.58. The number of H-pyrrole nitrogens is 1. The molecule has 0 fully saturated rings. The van der Waals surface area contributed by atoms with Crippen molar-refractivity contribution in [1.82, 2.24) is 10.3 Å². The van der Waals surface area contributed by atoms with Crippen molar-refractivity contribution in [2.45, 2.75) is 45.7 Å². The van der Waals surface area contributed by atoms with Crippen LogP contribution in [0.4, 0.5) is 0 Å². The summed E-state index contributed by atoms with van der Waals surface area (Å²) in [5.74, 6) is 0. The molecule has 126 valence electrons. The smallest absolute Gasteiger partial charge is 0.0459 e. The minimum Gasteiger partial charge on any atom is -0.358 e. The van der Waals surface area contributed by atoms with E-state index in [2.05, 4.69) is 66.6 Å². The van der Waals surface area contributed by atoms with Gasteiger partial charge < -0.3 is 10.3 Å². The summed E-state index contributed by atoms with van der Waals surface area (Å²) in [5.41, 5.74) is 8.30. The second-order valence-corrected chi connectivity index (χ2v) is 6.94. The first-order valence-corrected chi connectivity index (χ1v) is 8.58. The van der Waals surface area contributed by atoms with E-state index in [0.29, 0.717) is 6.04 Å². The van der Waals surface area contributed by atoms with Gasteiger partial charge in [0.25, 0.3) is 0 Å². The molecule has 0 radical (unpaired) electrons. The molecule has 1 aliphatic carbocycles. The Morgan fingerprint density at radius 2 is 1.79 bits per heavy atom. The number of fused-ring (bicyclic) bond motifs is 3. The number of aromatic amines is 1. The molecule has 3 aromatic rings. The number of aryl methyl sites for hydroxylation is 3. The molecule has 0 amide bonds. The highest BCUT2D eigenvalue weighted by molar-refractivity contribution is 5.86. The first-order chi connectivity index (χ1) is 11.2. The van der Waals surface area contributed by atoms with Crippen LogP contribution in [0.2, 0.25) is 0 Å². The van der Waals surface area contributed by atoms with E-state index in [-0.39, 0.29) is 12.4 Å². The Hall–Kier alpha value is -1.77. The summed E-state index contributed by atoms with van der Waals surface area (Å²) >= 11 is 0. The number of halogens is 1. The van der Waals surface area contributed by atoms with E-state index >= 15 is 0 Å². The molecule has 4 rings (SSSR count). The predicted octanol–water partition coefficient (Wildman–Crippen LogP) is 4.85. The Kier molecular flexibility index (Phi) is 4.98. The molecule has 1 unspecified atom stereocenters. The van der Waals surface area contributed by atoms with Crippen LogP contribution >= 0.6 is 12.4 Å². The molecule has 1 heterocycles. The molecular weight excluding hydrogens is 316 g/mol. The SMILES string of the molecule is Cc1ccc(CNC2CCc3c([nH]c4ccc(C)cc34)C2)cc1.Cl. The van der Waals surface area contributed by atoms with Gasteiger partial charge in [-0.25, -0.2) is 0 Å². The van der Waals surface area contributed by atoms with Crippen LogP contribution < -0.4 is 5.32 Å². The predicted molar refractivity (Wildman–Crippen MR) is 104 cm³/mol. The minimum absolute atomic E-state index is 0. The fourth-order valence-electron chi connectivity index (χ4n) is 3.69. The molecule has 0 aliphatic heterocycles. The molecule has 0 saturated carbocycles. The van der Waals surface area contributed by atoms with Crippen LogP contribution in [-0.2, 0) is 19.4 Å². The van der Waals surface area contributed by atoms with Crippen LogP contribution in [0, 0.1) is 13.8 Å². The van der Waals surface area contributed by atoms with E-state index in [1.165, 1.54) is 51.7 Å². The molecule has 0 bridgehead atoms. The summed E-state index contributed by atoms with van der Waals surface area (Å²) in [4.78, 5) is 3.64. The lowest BCUT2D eigenvalue weighted by Crippen LogP contribution is -2.34. The second kappa shape index (κ2) is 7.00. The molecule has 2 aromatic carbocycles. The van der Waals surface area contributed by atoms with Crippen LogP contribution in [-0.4, -0.2) is 11.0 Å². The average Bonchev–Trinajstić information content (AvgIpc) is 2.91. The summed E-state index contributed by atoms with van der Waals surface area (Å²) in [7, 11) is 0. The standard InChI is InChI=1S/C21H24N2.ClH/c1-14-3-6-16(7-4-14)13-22-17-8-9-18-19-11-15(2)5-10-20(19)23-21(18)12-17;/h3-7,10-11,17,22-23H,8-9,12-13H2,1-2H3;1H. The number of aromatic nitrogens is 1. The van der Waals surface area contributed by atoms with E-state index in [9.17, 15) is 0 Å². The highest BCUT2D eigenvalue weighted by Crippen LogP contribution is 2.30. The molecular formula is C21H25ClN2. The second-order valence-electron chi connectivity index (χ2n) is 6.94. The van der Waals surface area contributed by atoms with Gasteiger partial charge in [-0.3, -0.25) is 0 Å². The summed E-state index contributed by atoms with van der Waals surface area (Å²) in [6.45, 7) is 5.27. The summed E-state index contributed by atoms with van der Waals surface area (Å²) in [6, 6.07) is 16.1. The fourth-order valence-corrected chi connectivity index (χ4v) is 3.69. The third-order valence-corrected chi connectivity index (χ3v) is 5.06. The van der Waals surface area contributed by atoms with Crippen LogP contribution in [0.15, 0.2) is 42.5 Å². The number of rotatable bonds is 3. The van der Waals surface area contributed by atoms with Gasteiger partial charge in [0, 0.05) is 35.6 Å². The Labute approximate surface area is 150 Å². The first kappa shape index (κ1) is 17.1. The largest absolute Gasteiger partial charge is 0.358 e. The highest BCUT2D eigenvalue weighted by Gasteiger charge is 2.22. The molecule has 1 aliphatic rings. The zero-order valence-electron chi connectivity index (χ0n) is 14.4. The van der Waals surface area contributed by atoms with Crippen molar-refractivity contribution < 1.29 is 0 Å². The number of nitrogens with one attached hydrogen (secondary N) is 2. The normalized spacial score (nSPS) is 16.7. The molecule has 2 N–H and O–H groups in total. The van der Waals surface area contributed by atoms with Crippen molar-refractivity contribution in [2.24, 2.45) is 0 Å². The Morgan fingerprint density at radius 1 is 1.04 bits per heavy atom. The van der Waals surface area contributed by atoms with Crippen molar-refractivity contribution in [1.29, 1.82) is 0 Å². The van der Waals surface area contributed by atoms with E-state index in [1.54, 1.807) is 0 Å². The number of hydrogen-bond donors (Lipinski definition) is 2. The van der Waals surface area contributed by atoms with Crippen LogP contribution in [0.5, 0.6) is 0 Å². The van der Waals surface area contributed by atoms with Gasteiger partial charge in [-0.1, -0.05) is 41.5 Å². The van der Waals surface area contributed by atoms with Gasteiger partial charge in [0.15, 0.2) is 0 Å². The van der Waals surface area contributed by atoms with Gasteiger partial charge >= 0.3 is 0 Å². The van der Waals surface area contributed by atoms with E-state index in [4.69, 9.17) is 0 Å². The van der Waals surface area contributed by atoms with Crippen molar-refractivity contribution in [2.75, 3.05) is 0 Å². The molecule has 1 aromatic heterocycles. The van der Waals surface area contributed by atoms with E-state index in [0.717, 1.165) is 13.0 Å². The molecule has 2 nitrogen and oxygen atoms in total. The third-order valence-electron chi connectivity index (χ3n) is 5.06. The van der Waals surface area contributed by atoms with Gasteiger partial charge in [0.05, 0.1) is 0 Å². The fraction of sp³-hybridized carbons (Fsp3) is 0.333. The van der Waals surface area contributed by atoms with Gasteiger partial charge in [0.2, 0.25) is 0 Å². The van der Waals surface area contributed by atoms with Crippen molar-refractivity contribution in [3.05, 3.63) is 70.4 Å². The van der Waals surface area contributed by atoms with Crippen molar-refractivity contribution in [3.8, 4) is 0 Å². The summed E-state index contributed by atoms with van der Waals surface area (Å²) < 4.78 is 0. The quantitative estimate of drug-likeness (QED) is 0.700. The topological polar surface area (TPSA) is 27.8 Å². The van der Waals surface area contributed by atoms with Crippen molar-refractivity contribution in [3.63, 3.8) is 0 Å². The Morgan fingerprint density at radius 3 is 2.58 bits per heavy atom. The lowest BCUT2D eigenvalue weighted by molar-refractivity contribution is 0.455. The average molecular weight is 341 g/mol. The highest BCUT2D eigenvalue weighted by atomic mass is 35.5. The van der Waals surface area contributed by atoms with E-state index < -0.39 is 0 Å². The van der Waals surface area contributed by atoms with E-state index in [1.807, 2.05) is 0 Å². The summed E-state index contributed by atoms with van der Waals surface area (Å²) in [6.07, 6.45) is 3.50. The van der Waals surface area contributed by atoms with Crippen molar-refractivity contribution >= 4 is 23.3 Å². The maximum atomic E-state index is 3.73.